The van der Waals surface area contributed by atoms with Crippen molar-refractivity contribution in [2.24, 2.45) is 11.8 Å². The van der Waals surface area contributed by atoms with Gasteiger partial charge in [0.1, 0.15) is 0 Å². The van der Waals surface area contributed by atoms with Crippen molar-refractivity contribution in [3.05, 3.63) is 46.6 Å². The van der Waals surface area contributed by atoms with E-state index in [-0.39, 0.29) is 26.2 Å². The molecule has 2 atom stereocenters. The Morgan fingerprint density at radius 3 is 1.10 bits per heavy atom. The van der Waals surface area contributed by atoms with Gasteiger partial charge in [-0.25, -0.2) is 22.3 Å². The van der Waals surface area contributed by atoms with Gasteiger partial charge >= 0.3 is 26.2 Å². The van der Waals surface area contributed by atoms with Crippen molar-refractivity contribution in [2.75, 3.05) is 0 Å². The Bertz CT molecular complexity index is 326. The molecule has 1 radical (unpaired) electrons. The van der Waals surface area contributed by atoms with E-state index in [0.29, 0.717) is 11.8 Å². The maximum atomic E-state index is 3.29. The van der Waals surface area contributed by atoms with Crippen LogP contribution in [0.15, 0.2) is 34.4 Å². The average molecular weight is 365 g/mol. The third kappa shape index (κ3) is 9.08. The maximum Gasteiger partial charge on any atom is 2.00 e. The van der Waals surface area contributed by atoms with Crippen molar-refractivity contribution in [3.8, 4) is 0 Å². The van der Waals surface area contributed by atoms with Crippen molar-refractivity contribution in [3.63, 3.8) is 0 Å². The maximum absolute atomic E-state index is 3.29. The molecule has 0 spiro atoms. The normalized spacial score (nSPS) is 23.0. The molecule has 2 aliphatic carbocycles. The Morgan fingerprint density at radius 2 is 1.05 bits per heavy atom. The Hall–Kier alpha value is 0.0600. The van der Waals surface area contributed by atoms with Crippen molar-refractivity contribution >= 4 is 9.52 Å². The Kier molecular flexibility index (Phi) is 13.1. The zero-order chi connectivity index (χ0) is 15.0. The summed E-state index contributed by atoms with van der Waals surface area (Å²) in [5, 5.41) is 0. The van der Waals surface area contributed by atoms with Gasteiger partial charge < -0.3 is 0 Å². The summed E-state index contributed by atoms with van der Waals surface area (Å²) in [6, 6.07) is 0. The fourth-order valence-electron chi connectivity index (χ4n) is 1.99. The van der Waals surface area contributed by atoms with E-state index < -0.39 is 0 Å². The van der Waals surface area contributed by atoms with Gasteiger partial charge in [-0.05, 0) is 0 Å². The summed E-state index contributed by atoms with van der Waals surface area (Å²) in [7, 11) is 0.750. The van der Waals surface area contributed by atoms with E-state index in [9.17, 15) is 0 Å². The molecule has 0 saturated carbocycles. The molecule has 0 bridgehead atoms. The minimum atomic E-state index is 0. The second kappa shape index (κ2) is 11.7. The third-order valence-corrected chi connectivity index (χ3v) is 3.07. The molecule has 2 unspecified atom stereocenters. The summed E-state index contributed by atoms with van der Waals surface area (Å²) in [5.74, 6) is 1.10. The second-order valence-electron chi connectivity index (χ2n) is 5.39. The zero-order valence-electron chi connectivity index (χ0n) is 14.4. The summed E-state index contributed by atoms with van der Waals surface area (Å²) in [6.45, 7) is 17.2. The summed E-state index contributed by atoms with van der Waals surface area (Å²) in [5.41, 5.74) is 5.41. The van der Waals surface area contributed by atoms with Crippen LogP contribution >= 0.6 is 0 Å². The van der Waals surface area contributed by atoms with Gasteiger partial charge in [0.05, 0.1) is 0 Å². The molecule has 0 heterocycles. The Labute approximate surface area is 148 Å². The SMILES string of the molecule is CC1=[C-]C(C)C=C1C.CC1=[C-]C(C)C=C1C.C[SiH]C.[Zr+2]. The summed E-state index contributed by atoms with van der Waals surface area (Å²) in [4.78, 5) is 0. The zero-order valence-corrected chi connectivity index (χ0v) is 18.0. The molecule has 2 rings (SSSR count). The van der Waals surface area contributed by atoms with E-state index in [4.69, 9.17) is 0 Å². The smallest absolute Gasteiger partial charge is 0.266 e. The van der Waals surface area contributed by atoms with E-state index >= 15 is 0 Å². The van der Waals surface area contributed by atoms with Crippen molar-refractivity contribution in [1.82, 2.24) is 0 Å². The van der Waals surface area contributed by atoms with Gasteiger partial charge in [0.2, 0.25) is 0 Å². The number of hydrogen-bond acceptors (Lipinski definition) is 0. The topological polar surface area (TPSA) is 0 Å². The average Bonchev–Trinajstić information content (AvgIpc) is 2.72. The van der Waals surface area contributed by atoms with Crippen LogP contribution in [0.1, 0.15) is 41.5 Å². The number of hydrogen-bond donors (Lipinski definition) is 0. The van der Waals surface area contributed by atoms with Crippen LogP contribution in [0, 0.1) is 24.0 Å². The molecule has 0 aromatic heterocycles. The van der Waals surface area contributed by atoms with Crippen LogP contribution in [0.4, 0.5) is 0 Å². The fraction of sp³-hybridized carbons (Fsp3) is 0.556. The van der Waals surface area contributed by atoms with E-state index in [1.54, 1.807) is 0 Å². The van der Waals surface area contributed by atoms with Crippen LogP contribution in [-0.2, 0) is 26.2 Å². The third-order valence-electron chi connectivity index (χ3n) is 3.07. The van der Waals surface area contributed by atoms with Crippen molar-refractivity contribution in [1.29, 1.82) is 0 Å². The quantitative estimate of drug-likeness (QED) is 0.410. The van der Waals surface area contributed by atoms with Gasteiger partial charge in [-0.2, -0.15) is 12.2 Å². The van der Waals surface area contributed by atoms with Crippen molar-refractivity contribution in [2.45, 2.75) is 54.6 Å². The number of allylic oxidation sites excluding steroid dienone is 8. The summed E-state index contributed by atoms with van der Waals surface area (Å²) < 4.78 is 0. The van der Waals surface area contributed by atoms with Crippen molar-refractivity contribution < 1.29 is 26.2 Å². The van der Waals surface area contributed by atoms with Crippen LogP contribution in [0.5, 0.6) is 0 Å². The number of rotatable bonds is 0. The molecule has 20 heavy (non-hydrogen) atoms. The molecule has 0 aliphatic heterocycles. The first-order valence-electron chi connectivity index (χ1n) is 7.13. The molecule has 109 valence electrons. The molecule has 0 saturated heterocycles. The van der Waals surface area contributed by atoms with Gasteiger partial charge in [0.25, 0.3) is 0 Å². The molecule has 0 nitrogen and oxygen atoms in total. The van der Waals surface area contributed by atoms with Crippen LogP contribution in [0.3, 0.4) is 0 Å². The summed E-state index contributed by atoms with van der Waals surface area (Å²) in [6.07, 6.45) is 11.0. The molecule has 2 aliphatic rings. The molecule has 0 aromatic carbocycles. The minimum absolute atomic E-state index is 0. The van der Waals surface area contributed by atoms with E-state index in [2.05, 4.69) is 78.9 Å². The predicted molar refractivity (Wildman–Crippen MR) is 89.6 cm³/mol. The first-order valence-corrected chi connectivity index (χ1v) is 9.44. The fourth-order valence-corrected chi connectivity index (χ4v) is 1.99. The van der Waals surface area contributed by atoms with Gasteiger partial charge in [0.15, 0.2) is 0 Å². The molecule has 0 N–H and O–H groups in total. The predicted octanol–water partition coefficient (Wildman–Crippen LogP) is 5.18. The van der Waals surface area contributed by atoms with Gasteiger partial charge in [-0.3, -0.25) is 12.2 Å². The first-order chi connectivity index (χ1) is 8.81. The molecular weight excluding hydrogens is 336 g/mol. The van der Waals surface area contributed by atoms with Crippen LogP contribution in [0.25, 0.3) is 0 Å². The van der Waals surface area contributed by atoms with Crippen LogP contribution in [0.2, 0.25) is 13.1 Å². The van der Waals surface area contributed by atoms with Gasteiger partial charge in [-0.1, -0.05) is 52.6 Å². The molecule has 0 fully saturated rings. The van der Waals surface area contributed by atoms with Crippen LogP contribution < -0.4 is 0 Å². The van der Waals surface area contributed by atoms with E-state index in [1.165, 1.54) is 22.3 Å². The standard InChI is InChI=1S/2C8H11.C2H7Si.Zr/c2*1-6-4-7(2)8(3)5-6;1-3-2;/h2*4,6H,1-3H3;3H,1-2H3;/q2*-1;;+2. The Balaban J connectivity index is 0. The molecule has 0 amide bonds. The Morgan fingerprint density at radius 1 is 0.800 bits per heavy atom. The molecular formula is C18H29SiZr. The first kappa shape index (κ1) is 22.3. The second-order valence-corrected chi connectivity index (χ2v) is 6.55. The molecule has 0 aromatic rings. The van der Waals surface area contributed by atoms with Gasteiger partial charge in [-0.15, -0.1) is 13.8 Å². The van der Waals surface area contributed by atoms with Crippen LogP contribution in [-0.4, -0.2) is 9.52 Å². The van der Waals surface area contributed by atoms with E-state index in [1.807, 2.05) is 0 Å². The largest absolute Gasteiger partial charge is 2.00 e. The monoisotopic (exact) mass is 363 g/mol. The minimum Gasteiger partial charge on any atom is -0.266 e. The summed E-state index contributed by atoms with van der Waals surface area (Å²) >= 11 is 0. The van der Waals surface area contributed by atoms with Gasteiger partial charge in [0, 0.05) is 9.52 Å². The van der Waals surface area contributed by atoms with E-state index in [0.717, 1.165) is 9.52 Å². The molecule has 2 heteroatoms.